The van der Waals surface area contributed by atoms with Crippen LogP contribution in [0.2, 0.25) is 0 Å². The van der Waals surface area contributed by atoms with E-state index in [0.29, 0.717) is 33.6 Å². The third kappa shape index (κ3) is 5.41. The molecule has 1 amide bonds. The lowest BCUT2D eigenvalue weighted by Crippen LogP contribution is -2.28. The number of aromatic nitrogens is 1. The van der Waals surface area contributed by atoms with Gasteiger partial charge in [-0.2, -0.15) is 0 Å². The third-order valence-corrected chi connectivity index (χ3v) is 8.87. The largest absolute Gasteiger partial charge is 0.493 e. The van der Waals surface area contributed by atoms with E-state index in [-0.39, 0.29) is 10.5 Å². The van der Waals surface area contributed by atoms with Gasteiger partial charge in [0, 0.05) is 17.7 Å². The second-order valence-corrected chi connectivity index (χ2v) is 11.9. The Morgan fingerprint density at radius 2 is 1.68 bits per heavy atom. The quantitative estimate of drug-likeness (QED) is 0.262. The first-order valence-corrected chi connectivity index (χ1v) is 13.8. The maximum Gasteiger partial charge on any atom is 0.272 e. The lowest BCUT2D eigenvalue weighted by Gasteiger charge is -2.22. The Balaban J connectivity index is 1.75. The van der Waals surface area contributed by atoms with Gasteiger partial charge in [0.15, 0.2) is 32.2 Å². The zero-order valence-electron chi connectivity index (χ0n) is 21.1. The molecule has 1 aromatic heterocycles. The van der Waals surface area contributed by atoms with Crippen molar-refractivity contribution in [1.29, 1.82) is 0 Å². The van der Waals surface area contributed by atoms with Gasteiger partial charge in [-0.3, -0.25) is 10.1 Å². The first kappa shape index (κ1) is 26.9. The monoisotopic (exact) mass is 551 g/mol. The van der Waals surface area contributed by atoms with E-state index in [1.165, 1.54) is 31.6 Å². The van der Waals surface area contributed by atoms with Crippen LogP contribution in [0.4, 0.5) is 10.8 Å². The van der Waals surface area contributed by atoms with E-state index in [4.69, 9.17) is 20.8 Å². The molecule has 3 aromatic carbocycles. The second-order valence-electron chi connectivity index (χ2n) is 8.42. The first-order valence-electron chi connectivity index (χ1n) is 11.5. The number of nitrogens with one attached hydrogen (secondary N) is 1. The lowest BCUT2D eigenvalue weighted by molar-refractivity contribution is -0.123. The zero-order valence-corrected chi connectivity index (χ0v) is 22.7. The van der Waals surface area contributed by atoms with E-state index in [9.17, 15) is 13.2 Å². The highest BCUT2D eigenvalue weighted by atomic mass is 32.2. The number of nitrogens with zero attached hydrogens (tertiary/aromatic N) is 2. The number of ether oxygens (including phenoxy) is 3. The zero-order chi connectivity index (χ0) is 27.4. The molecule has 0 fully saturated rings. The highest BCUT2D eigenvalue weighted by Crippen LogP contribution is 2.37. The number of methoxy groups -OCH3 is 2. The number of carbonyl (C=O) groups excluding carboxylic acids is 1. The molecular weight excluding hydrogens is 526 g/mol. The Morgan fingerprint density at radius 3 is 2.32 bits per heavy atom. The van der Waals surface area contributed by atoms with Gasteiger partial charge in [-0.1, -0.05) is 41.7 Å². The summed E-state index contributed by atoms with van der Waals surface area (Å²) >= 11 is 1.23. The molecule has 0 aliphatic carbocycles. The van der Waals surface area contributed by atoms with Crippen LogP contribution in [0, 0.1) is 6.57 Å². The maximum atomic E-state index is 13.7. The molecule has 196 valence electrons. The summed E-state index contributed by atoms with van der Waals surface area (Å²) in [6.45, 7) is 10.3. The Morgan fingerprint density at radius 1 is 1.03 bits per heavy atom. The van der Waals surface area contributed by atoms with E-state index >= 15 is 0 Å². The SMILES string of the molecule is [C-]#[N+]c1ccc(OC(C(=O)Nc2nc3cc(OC)c(OC)cc3s2)c2ccccc2S(=O)(=O)C(C)C)cc1. The summed E-state index contributed by atoms with van der Waals surface area (Å²) in [6, 6.07) is 16.0. The van der Waals surface area contributed by atoms with Gasteiger partial charge in [0.05, 0.1) is 41.2 Å². The number of thiazole rings is 1. The van der Waals surface area contributed by atoms with Crippen LogP contribution >= 0.6 is 11.3 Å². The predicted octanol–water partition coefficient (Wildman–Crippen LogP) is 5.81. The molecule has 1 atom stereocenters. The van der Waals surface area contributed by atoms with Crippen LogP contribution in [-0.2, 0) is 14.6 Å². The fraction of sp³-hybridized carbons (Fsp3) is 0.222. The van der Waals surface area contributed by atoms with Crippen molar-refractivity contribution < 1.29 is 27.4 Å². The standard InChI is InChI=1S/C27H25N3O6S2/c1-16(2)38(32,33)24-9-7-6-8-19(24)25(36-18-12-10-17(28-3)11-13-18)26(31)30-27-29-20-14-21(34-4)22(35-5)15-23(20)37-27/h6-16,25H,1-2,4-5H3,(H,29,30,31). The fourth-order valence-electron chi connectivity index (χ4n) is 3.68. The molecule has 4 rings (SSSR count). The molecule has 0 aliphatic heterocycles. The van der Waals surface area contributed by atoms with Crippen molar-refractivity contribution >= 4 is 48.1 Å². The Kier molecular flexibility index (Phi) is 7.85. The fourth-order valence-corrected chi connectivity index (χ4v) is 5.84. The highest BCUT2D eigenvalue weighted by molar-refractivity contribution is 7.92. The van der Waals surface area contributed by atoms with Crippen LogP contribution < -0.4 is 19.5 Å². The van der Waals surface area contributed by atoms with Gasteiger partial charge in [0.25, 0.3) is 5.91 Å². The van der Waals surface area contributed by atoms with Crippen molar-refractivity contribution in [3.8, 4) is 17.2 Å². The summed E-state index contributed by atoms with van der Waals surface area (Å²) < 4.78 is 43.8. The van der Waals surface area contributed by atoms with Gasteiger partial charge >= 0.3 is 0 Å². The number of amides is 1. The van der Waals surface area contributed by atoms with E-state index < -0.39 is 27.1 Å². The number of hydrogen-bond donors (Lipinski definition) is 1. The molecule has 9 nitrogen and oxygen atoms in total. The number of rotatable bonds is 9. The smallest absolute Gasteiger partial charge is 0.272 e. The summed E-state index contributed by atoms with van der Waals surface area (Å²) in [5, 5.41) is 2.36. The summed E-state index contributed by atoms with van der Waals surface area (Å²) in [4.78, 5) is 21.5. The lowest BCUT2D eigenvalue weighted by atomic mass is 10.1. The summed E-state index contributed by atoms with van der Waals surface area (Å²) in [5.74, 6) is 0.718. The van der Waals surface area contributed by atoms with Crippen LogP contribution in [0.5, 0.6) is 17.2 Å². The molecule has 0 saturated carbocycles. The normalized spacial score (nSPS) is 12.1. The number of carbonyl (C=O) groups is 1. The third-order valence-electron chi connectivity index (χ3n) is 5.71. The topological polar surface area (TPSA) is 108 Å². The van der Waals surface area contributed by atoms with Crippen molar-refractivity contribution in [3.05, 3.63) is 77.6 Å². The molecule has 1 heterocycles. The number of anilines is 1. The molecule has 1 unspecified atom stereocenters. The number of sulfone groups is 1. The number of hydrogen-bond acceptors (Lipinski definition) is 8. The number of fused-ring (bicyclic) bond motifs is 1. The van der Waals surface area contributed by atoms with Gasteiger partial charge in [-0.05, 0) is 32.0 Å². The predicted molar refractivity (Wildman–Crippen MR) is 146 cm³/mol. The van der Waals surface area contributed by atoms with E-state index in [0.717, 1.165) is 4.70 Å². The molecule has 0 spiro atoms. The summed E-state index contributed by atoms with van der Waals surface area (Å²) in [6.07, 6.45) is -1.32. The second kappa shape index (κ2) is 11.1. The van der Waals surface area contributed by atoms with Crippen LogP contribution in [-0.4, -0.2) is 38.8 Å². The van der Waals surface area contributed by atoms with Gasteiger partial charge in [-0.25, -0.2) is 18.2 Å². The van der Waals surface area contributed by atoms with Crippen molar-refractivity contribution in [1.82, 2.24) is 4.98 Å². The highest BCUT2D eigenvalue weighted by Gasteiger charge is 2.32. The maximum absolute atomic E-state index is 13.7. The molecule has 11 heteroatoms. The minimum atomic E-state index is -3.74. The minimum Gasteiger partial charge on any atom is -0.493 e. The Hall–Kier alpha value is -4.14. The molecular formula is C27H25N3O6S2. The molecule has 1 N–H and O–H groups in total. The van der Waals surface area contributed by atoms with Crippen LogP contribution in [0.15, 0.2) is 65.6 Å². The van der Waals surface area contributed by atoms with Crippen molar-refractivity contribution in [3.63, 3.8) is 0 Å². The molecule has 0 radical (unpaired) electrons. The molecule has 38 heavy (non-hydrogen) atoms. The molecule has 0 bridgehead atoms. The van der Waals surface area contributed by atoms with E-state index in [1.807, 2.05) is 0 Å². The summed E-state index contributed by atoms with van der Waals surface area (Å²) in [7, 11) is -0.686. The Bertz CT molecular complexity index is 1580. The van der Waals surface area contributed by atoms with Crippen molar-refractivity contribution in [2.75, 3.05) is 19.5 Å². The van der Waals surface area contributed by atoms with Gasteiger partial charge in [0.1, 0.15) is 5.75 Å². The van der Waals surface area contributed by atoms with Gasteiger partial charge in [0.2, 0.25) is 6.10 Å². The van der Waals surface area contributed by atoms with Crippen LogP contribution in [0.25, 0.3) is 15.1 Å². The molecule has 4 aromatic rings. The van der Waals surface area contributed by atoms with Gasteiger partial charge in [-0.15, -0.1) is 0 Å². The van der Waals surface area contributed by atoms with Crippen LogP contribution in [0.1, 0.15) is 25.5 Å². The van der Waals surface area contributed by atoms with Crippen molar-refractivity contribution in [2.45, 2.75) is 30.1 Å². The van der Waals surface area contributed by atoms with E-state index in [1.54, 1.807) is 68.4 Å². The molecule has 0 aliphatic rings. The molecule has 0 saturated heterocycles. The number of benzene rings is 3. The van der Waals surface area contributed by atoms with Gasteiger partial charge < -0.3 is 14.2 Å². The minimum absolute atomic E-state index is 0.00620. The average molecular weight is 552 g/mol. The average Bonchev–Trinajstić information content (AvgIpc) is 3.31. The van der Waals surface area contributed by atoms with Crippen molar-refractivity contribution in [2.24, 2.45) is 0 Å². The van der Waals surface area contributed by atoms with Crippen LogP contribution in [0.3, 0.4) is 0 Å². The Labute approximate surface area is 224 Å². The summed E-state index contributed by atoms with van der Waals surface area (Å²) in [5.41, 5.74) is 1.19. The van der Waals surface area contributed by atoms with E-state index in [2.05, 4.69) is 15.1 Å². The first-order chi connectivity index (χ1) is 18.2.